The molecule has 5 aliphatic carbocycles. The van der Waals surface area contributed by atoms with Gasteiger partial charge in [-0.25, -0.2) is 0 Å². The predicted octanol–water partition coefficient (Wildman–Crippen LogP) is 7.75. The maximum atomic E-state index is 13.2. The smallest absolute Gasteiger partial charge is 0.186 e. The number of hydrogen-bond acceptors (Lipinski definition) is 3. The summed E-state index contributed by atoms with van der Waals surface area (Å²) >= 11 is 0. The Bertz CT molecular complexity index is 875. The van der Waals surface area contributed by atoms with Crippen LogP contribution in [0.15, 0.2) is 5.16 Å². The lowest BCUT2D eigenvalue weighted by Gasteiger charge is -2.72. The number of nitrogens with zero attached hydrogens (tertiary/aromatic N) is 1. The molecule has 0 bridgehead atoms. The summed E-state index contributed by atoms with van der Waals surface area (Å²) in [7, 11) is 0. The highest BCUT2D eigenvalue weighted by molar-refractivity contribution is 6.42. The van der Waals surface area contributed by atoms with E-state index in [9.17, 15) is 10.0 Å². The second-order valence-corrected chi connectivity index (χ2v) is 15.1. The van der Waals surface area contributed by atoms with Gasteiger partial charge in [-0.15, -0.1) is 0 Å². The molecule has 5 rings (SSSR count). The molecule has 0 unspecified atom stereocenters. The zero-order valence-electron chi connectivity index (χ0n) is 22.6. The van der Waals surface area contributed by atoms with E-state index in [1.807, 2.05) is 0 Å². The van der Waals surface area contributed by atoms with Crippen LogP contribution in [0.2, 0.25) is 0 Å². The van der Waals surface area contributed by atoms with Crippen LogP contribution in [0.1, 0.15) is 113 Å². The van der Waals surface area contributed by atoms with Gasteiger partial charge in [0.05, 0.1) is 0 Å². The minimum atomic E-state index is -0.438. The zero-order chi connectivity index (χ0) is 24.2. The summed E-state index contributed by atoms with van der Waals surface area (Å²) in [4.78, 5) is 13.2. The van der Waals surface area contributed by atoms with Crippen molar-refractivity contribution in [2.45, 2.75) is 113 Å². The first-order chi connectivity index (χ1) is 15.3. The molecule has 5 aliphatic rings. The van der Waals surface area contributed by atoms with Crippen LogP contribution >= 0.6 is 0 Å². The molecule has 0 aromatic rings. The summed E-state index contributed by atoms with van der Waals surface area (Å²) in [6.45, 7) is 19.6. The Labute approximate surface area is 202 Å². The van der Waals surface area contributed by atoms with Crippen molar-refractivity contribution >= 4 is 11.5 Å². The quantitative estimate of drug-likeness (QED) is 0.324. The van der Waals surface area contributed by atoms with Crippen molar-refractivity contribution in [2.75, 3.05) is 0 Å². The summed E-state index contributed by atoms with van der Waals surface area (Å²) in [5.74, 6) is 4.42. The van der Waals surface area contributed by atoms with E-state index < -0.39 is 5.41 Å². The Morgan fingerprint density at radius 1 is 0.848 bits per heavy atom. The van der Waals surface area contributed by atoms with Crippen molar-refractivity contribution in [3.63, 3.8) is 0 Å². The standard InChI is InChI=1S/C30H49NO2/c1-18(2)19-11-13-27(5)15-16-29(7)20(24(19)27)9-10-23-28(6)17-21(31-33)25(32)26(3,4)22(28)12-14-30(23,29)8/h18-20,22-24,33H,9-17H2,1-8H3/b31-21+/t19-,20+,22-,23+,24+,27+,28-,29+,30-/m0/s1. The number of fused-ring (bicyclic) bond motifs is 7. The summed E-state index contributed by atoms with van der Waals surface area (Å²) in [5.41, 5.74) is 1.24. The van der Waals surface area contributed by atoms with Crippen LogP contribution < -0.4 is 0 Å². The second kappa shape index (κ2) is 7.10. The van der Waals surface area contributed by atoms with Gasteiger partial charge < -0.3 is 5.21 Å². The number of carbonyl (C=O) groups excluding carboxylic acids is 1. The van der Waals surface area contributed by atoms with Gasteiger partial charge in [0.15, 0.2) is 5.78 Å². The Balaban J connectivity index is 1.57. The normalized spacial score (nSPS) is 54.5. The van der Waals surface area contributed by atoms with Gasteiger partial charge in [-0.3, -0.25) is 4.79 Å². The SMILES string of the molecule is CC(C)[C@@H]1CC[C@]2(C)CC[C@]3(C)[C@H](CC[C@@H]4[C@@]5(C)C/C(=N\O)C(=O)C(C)(C)[C@@H]5CC[C@@]43C)[C@@H]12. The van der Waals surface area contributed by atoms with Gasteiger partial charge in [-0.1, -0.05) is 60.5 Å². The lowest BCUT2D eigenvalue weighted by molar-refractivity contribution is -0.228. The average Bonchev–Trinajstić information content (AvgIpc) is 3.09. The first kappa shape index (κ1) is 23.9. The molecule has 5 saturated carbocycles. The molecule has 0 radical (unpaired) electrons. The van der Waals surface area contributed by atoms with Crippen LogP contribution in [0.4, 0.5) is 0 Å². The van der Waals surface area contributed by atoms with E-state index in [1.165, 1.54) is 44.9 Å². The van der Waals surface area contributed by atoms with Crippen LogP contribution in [0.5, 0.6) is 0 Å². The fraction of sp³-hybridized carbons (Fsp3) is 0.933. The molecule has 0 aromatic carbocycles. The highest BCUT2D eigenvalue weighted by atomic mass is 16.4. The van der Waals surface area contributed by atoms with Gasteiger partial charge in [0, 0.05) is 11.8 Å². The summed E-state index contributed by atoms with van der Waals surface area (Å²) in [6.07, 6.45) is 11.3. The average molecular weight is 456 g/mol. The van der Waals surface area contributed by atoms with Crippen molar-refractivity contribution in [1.82, 2.24) is 0 Å². The minimum absolute atomic E-state index is 0.0355. The molecule has 3 heteroatoms. The highest BCUT2D eigenvalue weighted by Crippen LogP contribution is 2.77. The molecule has 0 aliphatic heterocycles. The zero-order valence-corrected chi connectivity index (χ0v) is 22.6. The van der Waals surface area contributed by atoms with Crippen LogP contribution in [0.3, 0.4) is 0 Å². The molecule has 1 N–H and O–H groups in total. The van der Waals surface area contributed by atoms with E-state index in [1.54, 1.807) is 0 Å². The number of Topliss-reactive ketones (excluding diaryl/α,β-unsaturated/α-hetero) is 1. The molecule has 33 heavy (non-hydrogen) atoms. The molecule has 0 spiro atoms. The number of carbonyl (C=O) groups is 1. The molecule has 0 amide bonds. The number of rotatable bonds is 1. The fourth-order valence-electron chi connectivity index (χ4n) is 11.6. The Morgan fingerprint density at radius 2 is 1.55 bits per heavy atom. The molecule has 0 saturated heterocycles. The van der Waals surface area contributed by atoms with Gasteiger partial charge in [-0.05, 0) is 109 Å². The number of hydrogen-bond donors (Lipinski definition) is 1. The highest BCUT2D eigenvalue weighted by Gasteiger charge is 2.71. The number of oxime groups is 1. The topological polar surface area (TPSA) is 49.7 Å². The van der Waals surface area contributed by atoms with Crippen molar-refractivity contribution < 1.29 is 10.0 Å². The molecular weight excluding hydrogens is 406 g/mol. The van der Waals surface area contributed by atoms with E-state index in [0.29, 0.717) is 40.2 Å². The van der Waals surface area contributed by atoms with Gasteiger partial charge in [0.1, 0.15) is 5.71 Å². The van der Waals surface area contributed by atoms with E-state index in [0.717, 1.165) is 30.1 Å². The maximum absolute atomic E-state index is 13.2. The monoisotopic (exact) mass is 455 g/mol. The molecule has 3 nitrogen and oxygen atoms in total. The molecule has 0 heterocycles. The van der Waals surface area contributed by atoms with Crippen LogP contribution in [-0.4, -0.2) is 16.7 Å². The van der Waals surface area contributed by atoms with E-state index in [2.05, 4.69) is 60.5 Å². The van der Waals surface area contributed by atoms with Crippen molar-refractivity contribution in [3.05, 3.63) is 0 Å². The Kier molecular flexibility index (Phi) is 5.13. The van der Waals surface area contributed by atoms with Gasteiger partial charge in [0.2, 0.25) is 0 Å². The first-order valence-electron chi connectivity index (χ1n) is 14.0. The molecule has 0 aromatic heterocycles. The van der Waals surface area contributed by atoms with Crippen LogP contribution in [0.25, 0.3) is 0 Å². The molecule has 186 valence electrons. The third kappa shape index (κ3) is 2.80. The number of ketones is 1. The third-order valence-electron chi connectivity index (χ3n) is 13.4. The fourth-order valence-corrected chi connectivity index (χ4v) is 11.6. The Hall–Kier alpha value is -0.860. The summed E-state index contributed by atoms with van der Waals surface area (Å²) < 4.78 is 0. The van der Waals surface area contributed by atoms with E-state index in [4.69, 9.17) is 0 Å². The lowest BCUT2D eigenvalue weighted by atomic mass is 9.32. The predicted molar refractivity (Wildman–Crippen MR) is 134 cm³/mol. The van der Waals surface area contributed by atoms with Crippen LogP contribution in [0, 0.1) is 62.6 Å². The maximum Gasteiger partial charge on any atom is 0.186 e. The van der Waals surface area contributed by atoms with E-state index in [-0.39, 0.29) is 11.2 Å². The summed E-state index contributed by atoms with van der Waals surface area (Å²) in [5, 5.41) is 13.3. The van der Waals surface area contributed by atoms with Crippen LogP contribution in [-0.2, 0) is 4.79 Å². The molecular formula is C30H49NO2. The van der Waals surface area contributed by atoms with E-state index >= 15 is 0 Å². The van der Waals surface area contributed by atoms with Gasteiger partial charge in [-0.2, -0.15) is 0 Å². The lowest BCUT2D eigenvalue weighted by Crippen LogP contribution is -2.67. The van der Waals surface area contributed by atoms with Gasteiger partial charge in [0.25, 0.3) is 0 Å². The van der Waals surface area contributed by atoms with Gasteiger partial charge >= 0.3 is 0 Å². The molecule has 9 atom stereocenters. The van der Waals surface area contributed by atoms with Crippen molar-refractivity contribution in [3.8, 4) is 0 Å². The van der Waals surface area contributed by atoms with Crippen molar-refractivity contribution in [2.24, 2.45) is 67.7 Å². The molecule has 5 fully saturated rings. The Morgan fingerprint density at radius 3 is 2.18 bits per heavy atom. The largest absolute Gasteiger partial charge is 0.411 e. The first-order valence-corrected chi connectivity index (χ1v) is 14.0. The minimum Gasteiger partial charge on any atom is -0.411 e. The van der Waals surface area contributed by atoms with Crippen molar-refractivity contribution in [1.29, 1.82) is 0 Å². The second-order valence-electron chi connectivity index (χ2n) is 15.1. The summed E-state index contributed by atoms with van der Waals surface area (Å²) in [6, 6.07) is 0. The third-order valence-corrected chi connectivity index (χ3v) is 13.4.